The maximum atomic E-state index is 12.2. The maximum absolute atomic E-state index is 12.2. The second-order valence-electron chi connectivity index (χ2n) is 6.88. The van der Waals surface area contributed by atoms with E-state index in [1.165, 1.54) is 25.7 Å². The molecule has 2 saturated heterocycles. The smallest absolute Gasteiger partial charge is 0.139 e. The number of hydrogen-bond acceptors (Lipinski definition) is 2. The minimum atomic E-state index is 0.395. The number of carbonyl (C=O) groups is 1. The molecule has 4 atom stereocenters. The van der Waals surface area contributed by atoms with Crippen LogP contribution in [0.4, 0.5) is 0 Å². The van der Waals surface area contributed by atoms with E-state index < -0.39 is 0 Å². The summed E-state index contributed by atoms with van der Waals surface area (Å²) in [5.41, 5.74) is 0. The Morgan fingerprint density at radius 1 is 1.00 bits per heavy atom. The van der Waals surface area contributed by atoms with Crippen molar-refractivity contribution in [2.75, 3.05) is 0 Å². The van der Waals surface area contributed by atoms with Gasteiger partial charge in [0.05, 0.1) is 0 Å². The monoisotopic (exact) mass is 235 g/mol. The number of rotatable bonds is 3. The van der Waals surface area contributed by atoms with E-state index in [4.69, 9.17) is 0 Å². The van der Waals surface area contributed by atoms with Crippen molar-refractivity contribution in [3.63, 3.8) is 0 Å². The molecule has 2 nitrogen and oxygen atoms in total. The molecule has 2 heteroatoms. The fraction of sp³-hybridized carbons (Fsp3) is 0.933. The number of fused-ring (bicyclic) bond motifs is 2. The molecule has 0 aromatic rings. The van der Waals surface area contributed by atoms with Crippen molar-refractivity contribution >= 4 is 5.78 Å². The lowest BCUT2D eigenvalue weighted by Crippen LogP contribution is -2.53. The Morgan fingerprint density at radius 3 is 2.06 bits per heavy atom. The van der Waals surface area contributed by atoms with Gasteiger partial charge in [-0.05, 0) is 50.4 Å². The largest absolute Gasteiger partial charge is 0.311 e. The Kier molecular flexibility index (Phi) is 3.02. The molecular formula is C15H25NO. The van der Waals surface area contributed by atoms with Gasteiger partial charge in [0.15, 0.2) is 0 Å². The molecule has 1 saturated carbocycles. The van der Waals surface area contributed by atoms with Crippen molar-refractivity contribution in [3.8, 4) is 0 Å². The zero-order valence-electron chi connectivity index (χ0n) is 11.1. The molecule has 2 bridgehead atoms. The maximum Gasteiger partial charge on any atom is 0.139 e. The zero-order chi connectivity index (χ0) is 12.0. The Hall–Kier alpha value is -0.370. The van der Waals surface area contributed by atoms with Crippen LogP contribution in [-0.4, -0.2) is 17.9 Å². The summed E-state index contributed by atoms with van der Waals surface area (Å²) in [6.45, 7) is 4.69. The van der Waals surface area contributed by atoms with E-state index in [1.807, 2.05) is 0 Å². The molecule has 1 aliphatic carbocycles. The predicted molar refractivity (Wildman–Crippen MR) is 68.7 cm³/mol. The molecule has 3 aliphatic rings. The van der Waals surface area contributed by atoms with E-state index in [-0.39, 0.29) is 0 Å². The summed E-state index contributed by atoms with van der Waals surface area (Å²) < 4.78 is 0. The van der Waals surface area contributed by atoms with Crippen LogP contribution in [0.25, 0.3) is 0 Å². The lowest BCUT2D eigenvalue weighted by molar-refractivity contribution is -0.126. The van der Waals surface area contributed by atoms with Crippen LogP contribution in [0.3, 0.4) is 0 Å². The summed E-state index contributed by atoms with van der Waals surface area (Å²) in [5.74, 6) is 3.14. The van der Waals surface area contributed by atoms with Gasteiger partial charge in [0.1, 0.15) is 5.78 Å². The van der Waals surface area contributed by atoms with E-state index in [0.717, 1.165) is 24.7 Å². The van der Waals surface area contributed by atoms with E-state index in [0.29, 0.717) is 29.7 Å². The summed E-state index contributed by atoms with van der Waals surface area (Å²) in [6, 6.07) is 1.25. The first-order valence-corrected chi connectivity index (χ1v) is 7.43. The molecule has 0 aromatic heterocycles. The Balaban J connectivity index is 1.63. The Labute approximate surface area is 105 Å². The predicted octanol–water partition coefficient (Wildman–Crippen LogP) is 2.77. The van der Waals surface area contributed by atoms with Crippen LogP contribution in [0.2, 0.25) is 0 Å². The number of piperidine rings is 2. The third-order valence-corrected chi connectivity index (χ3v) is 5.11. The van der Waals surface area contributed by atoms with Crippen molar-refractivity contribution in [1.82, 2.24) is 5.32 Å². The van der Waals surface area contributed by atoms with Gasteiger partial charge in [-0.3, -0.25) is 4.79 Å². The van der Waals surface area contributed by atoms with E-state index >= 15 is 0 Å². The van der Waals surface area contributed by atoms with Crippen molar-refractivity contribution in [3.05, 3.63) is 0 Å². The first-order valence-electron chi connectivity index (χ1n) is 7.43. The lowest BCUT2D eigenvalue weighted by atomic mass is 9.71. The summed E-state index contributed by atoms with van der Waals surface area (Å²) in [7, 11) is 0. The highest BCUT2D eigenvalue weighted by Crippen LogP contribution is 2.40. The van der Waals surface area contributed by atoms with Gasteiger partial charge in [0.25, 0.3) is 0 Å². The summed E-state index contributed by atoms with van der Waals surface area (Å²) in [4.78, 5) is 12.2. The topological polar surface area (TPSA) is 29.1 Å². The molecule has 0 aromatic carbocycles. The highest BCUT2D eigenvalue weighted by Gasteiger charge is 2.42. The molecule has 96 valence electrons. The summed E-state index contributed by atoms with van der Waals surface area (Å²) in [5, 5.41) is 3.73. The molecule has 3 fully saturated rings. The molecule has 0 spiro atoms. The van der Waals surface area contributed by atoms with Crippen LogP contribution in [-0.2, 0) is 4.79 Å². The highest BCUT2D eigenvalue weighted by molar-refractivity contribution is 5.85. The van der Waals surface area contributed by atoms with Gasteiger partial charge in [-0.15, -0.1) is 0 Å². The SMILES string of the molecule is CC(C)C1C[C@H]2CC(C(=O)C3CC3)C[C@@H](C1)N2. The van der Waals surface area contributed by atoms with Gasteiger partial charge in [0.2, 0.25) is 0 Å². The quantitative estimate of drug-likeness (QED) is 0.815. The molecular weight excluding hydrogens is 210 g/mol. The van der Waals surface area contributed by atoms with Gasteiger partial charge >= 0.3 is 0 Å². The number of carbonyl (C=O) groups excluding carboxylic acids is 1. The first kappa shape index (κ1) is 11.7. The number of ketones is 1. The average Bonchev–Trinajstić information content (AvgIpc) is 3.10. The van der Waals surface area contributed by atoms with E-state index in [9.17, 15) is 4.79 Å². The molecule has 1 N–H and O–H groups in total. The molecule has 3 rings (SSSR count). The third-order valence-electron chi connectivity index (χ3n) is 5.11. The van der Waals surface area contributed by atoms with Gasteiger partial charge in [-0.25, -0.2) is 0 Å². The zero-order valence-corrected chi connectivity index (χ0v) is 11.1. The first-order chi connectivity index (χ1) is 8.13. The van der Waals surface area contributed by atoms with Gasteiger partial charge in [-0.2, -0.15) is 0 Å². The van der Waals surface area contributed by atoms with Crippen molar-refractivity contribution in [1.29, 1.82) is 0 Å². The van der Waals surface area contributed by atoms with Crippen molar-refractivity contribution < 1.29 is 4.79 Å². The number of nitrogens with one attached hydrogen (secondary N) is 1. The van der Waals surface area contributed by atoms with Gasteiger partial charge < -0.3 is 5.32 Å². The molecule has 0 amide bonds. The number of Topliss-reactive ketones (excluding diaryl/α,β-unsaturated/α-hetero) is 1. The van der Waals surface area contributed by atoms with Crippen molar-refractivity contribution in [2.24, 2.45) is 23.7 Å². The molecule has 0 radical (unpaired) electrons. The summed E-state index contributed by atoms with van der Waals surface area (Å²) in [6.07, 6.45) is 7.18. The minimum absolute atomic E-state index is 0.395. The van der Waals surface area contributed by atoms with E-state index in [2.05, 4.69) is 19.2 Å². The lowest BCUT2D eigenvalue weighted by Gasteiger charge is -2.44. The fourth-order valence-electron chi connectivity index (χ4n) is 3.89. The van der Waals surface area contributed by atoms with Crippen LogP contribution >= 0.6 is 0 Å². The molecule has 2 aliphatic heterocycles. The standard InChI is InChI=1S/C15H25NO/c1-9(2)11-5-13-7-12(8-14(6-11)16-13)15(17)10-3-4-10/h9-14,16H,3-8H2,1-2H3/t11?,12?,13-,14+. The van der Waals surface area contributed by atoms with Crippen LogP contribution in [0.15, 0.2) is 0 Å². The number of hydrogen-bond donors (Lipinski definition) is 1. The average molecular weight is 235 g/mol. The molecule has 2 unspecified atom stereocenters. The molecule has 17 heavy (non-hydrogen) atoms. The van der Waals surface area contributed by atoms with Gasteiger partial charge in [-0.1, -0.05) is 13.8 Å². The Morgan fingerprint density at radius 2 is 1.59 bits per heavy atom. The summed E-state index contributed by atoms with van der Waals surface area (Å²) >= 11 is 0. The van der Waals surface area contributed by atoms with Crippen molar-refractivity contribution in [2.45, 2.75) is 64.5 Å². The minimum Gasteiger partial charge on any atom is -0.311 e. The van der Waals surface area contributed by atoms with Crippen LogP contribution in [0.1, 0.15) is 52.4 Å². The molecule has 2 heterocycles. The normalized spacial score (nSPS) is 41.6. The van der Waals surface area contributed by atoms with Crippen LogP contribution in [0, 0.1) is 23.7 Å². The van der Waals surface area contributed by atoms with Crippen LogP contribution < -0.4 is 5.32 Å². The van der Waals surface area contributed by atoms with Crippen LogP contribution in [0.5, 0.6) is 0 Å². The second-order valence-corrected chi connectivity index (χ2v) is 6.88. The second kappa shape index (κ2) is 4.38. The van der Waals surface area contributed by atoms with Gasteiger partial charge in [0, 0.05) is 23.9 Å². The Bertz CT molecular complexity index is 294. The fourth-order valence-corrected chi connectivity index (χ4v) is 3.89. The van der Waals surface area contributed by atoms with E-state index in [1.54, 1.807) is 0 Å². The third kappa shape index (κ3) is 2.42. The highest BCUT2D eigenvalue weighted by atomic mass is 16.1.